The molecule has 0 unspecified atom stereocenters. The van der Waals surface area contributed by atoms with Gasteiger partial charge in [-0.3, -0.25) is 4.90 Å². The van der Waals surface area contributed by atoms with Gasteiger partial charge in [0.05, 0.1) is 37.6 Å². The first-order valence-corrected chi connectivity index (χ1v) is 9.03. The molecule has 2 heterocycles. The van der Waals surface area contributed by atoms with Gasteiger partial charge in [-0.25, -0.2) is 10.4 Å². The molecule has 1 saturated heterocycles. The minimum absolute atomic E-state index is 0.620. The summed E-state index contributed by atoms with van der Waals surface area (Å²) >= 11 is 0. The molecule has 0 amide bonds. The lowest BCUT2D eigenvalue weighted by molar-refractivity contribution is 0.0339. The molecular formula is C20H23N5O2. The topological polar surface area (TPSA) is 74.8 Å². The van der Waals surface area contributed by atoms with Crippen LogP contribution >= 0.6 is 0 Å². The molecule has 3 aromatic rings. The van der Waals surface area contributed by atoms with Crippen LogP contribution in [0.4, 0.5) is 5.95 Å². The number of anilines is 1. The van der Waals surface area contributed by atoms with Crippen molar-refractivity contribution >= 4 is 23.2 Å². The average Bonchev–Trinajstić information content (AvgIpc) is 3.12. The number of ether oxygens (including phenoxy) is 2. The highest BCUT2D eigenvalue weighted by atomic mass is 16.5. The molecule has 0 bridgehead atoms. The quantitative estimate of drug-likeness (QED) is 0.519. The monoisotopic (exact) mass is 365 g/mol. The summed E-state index contributed by atoms with van der Waals surface area (Å²) in [7, 11) is 1.70. The molecule has 0 atom stereocenters. The summed E-state index contributed by atoms with van der Waals surface area (Å²) in [6.45, 7) is 4.28. The van der Waals surface area contributed by atoms with E-state index in [1.807, 2.05) is 36.4 Å². The van der Waals surface area contributed by atoms with E-state index in [-0.39, 0.29) is 0 Å². The molecule has 1 aliphatic rings. The van der Waals surface area contributed by atoms with E-state index in [1.165, 1.54) is 0 Å². The number of aromatic amines is 1. The summed E-state index contributed by atoms with van der Waals surface area (Å²) in [5, 5.41) is 4.31. The summed E-state index contributed by atoms with van der Waals surface area (Å²) in [5.74, 6) is 1.51. The van der Waals surface area contributed by atoms with E-state index in [1.54, 1.807) is 13.3 Å². The molecule has 2 N–H and O–H groups in total. The fraction of sp³-hybridized carbons (Fsp3) is 0.300. The zero-order chi connectivity index (χ0) is 18.5. The van der Waals surface area contributed by atoms with Gasteiger partial charge in [0.2, 0.25) is 5.95 Å². The summed E-state index contributed by atoms with van der Waals surface area (Å²) in [4.78, 5) is 10.0. The van der Waals surface area contributed by atoms with Crippen LogP contribution in [0.3, 0.4) is 0 Å². The summed E-state index contributed by atoms with van der Waals surface area (Å²) in [5.41, 5.74) is 6.99. The molecule has 4 rings (SSSR count). The molecule has 0 aliphatic carbocycles. The van der Waals surface area contributed by atoms with Gasteiger partial charge in [-0.05, 0) is 35.9 Å². The third-order valence-corrected chi connectivity index (χ3v) is 4.58. The van der Waals surface area contributed by atoms with Gasteiger partial charge >= 0.3 is 0 Å². The first-order valence-electron chi connectivity index (χ1n) is 9.03. The van der Waals surface area contributed by atoms with E-state index < -0.39 is 0 Å². The molecule has 0 radical (unpaired) electrons. The molecule has 7 heteroatoms. The lowest BCUT2D eigenvalue weighted by atomic mass is 10.1. The molecule has 0 spiro atoms. The molecule has 140 valence electrons. The van der Waals surface area contributed by atoms with Crippen molar-refractivity contribution in [1.82, 2.24) is 14.9 Å². The number of methoxy groups -OCH3 is 1. The maximum atomic E-state index is 5.52. The van der Waals surface area contributed by atoms with Crippen LogP contribution in [0.5, 0.6) is 5.75 Å². The highest BCUT2D eigenvalue weighted by Gasteiger charge is 2.13. The Morgan fingerprint density at radius 3 is 2.93 bits per heavy atom. The third kappa shape index (κ3) is 4.27. The van der Waals surface area contributed by atoms with Gasteiger partial charge < -0.3 is 14.5 Å². The Bertz CT molecular complexity index is 898. The number of benzene rings is 2. The summed E-state index contributed by atoms with van der Waals surface area (Å²) in [6.07, 6.45) is 1.79. The number of hydrogen-bond acceptors (Lipinski definition) is 6. The highest BCUT2D eigenvalue weighted by Crippen LogP contribution is 2.21. The number of imidazole rings is 1. The van der Waals surface area contributed by atoms with Crippen LogP contribution in [0.1, 0.15) is 11.1 Å². The Balaban J connectivity index is 1.45. The van der Waals surface area contributed by atoms with Crippen LogP contribution in [0.2, 0.25) is 0 Å². The zero-order valence-electron chi connectivity index (χ0n) is 15.3. The van der Waals surface area contributed by atoms with Crippen molar-refractivity contribution in [3.63, 3.8) is 0 Å². The Hall–Kier alpha value is -2.90. The standard InChI is InChI=1S/C20H23N5O2/c1-26-19-7-6-15(12-16(19)14-25-8-10-27-11-9-25)13-21-24-20-22-17-4-2-3-5-18(17)23-20/h2-7,12-13H,8-11,14H2,1H3,(H2,22,23,24). The largest absolute Gasteiger partial charge is 0.496 e. The smallest absolute Gasteiger partial charge is 0.222 e. The van der Waals surface area contributed by atoms with Crippen molar-refractivity contribution < 1.29 is 9.47 Å². The Labute approximate surface area is 158 Å². The second kappa shape index (κ2) is 8.20. The molecule has 1 fully saturated rings. The molecule has 7 nitrogen and oxygen atoms in total. The SMILES string of the molecule is COc1ccc(C=NNc2nc3ccccc3[nH]2)cc1CN1CCOCC1. The second-order valence-corrected chi connectivity index (χ2v) is 6.43. The van der Waals surface area contributed by atoms with Gasteiger partial charge in [-0.15, -0.1) is 0 Å². The van der Waals surface area contributed by atoms with Crippen LogP contribution in [-0.4, -0.2) is 54.5 Å². The van der Waals surface area contributed by atoms with Gasteiger partial charge in [0.15, 0.2) is 0 Å². The Morgan fingerprint density at radius 1 is 1.26 bits per heavy atom. The van der Waals surface area contributed by atoms with Gasteiger partial charge in [0, 0.05) is 25.2 Å². The van der Waals surface area contributed by atoms with E-state index in [4.69, 9.17) is 9.47 Å². The van der Waals surface area contributed by atoms with E-state index in [0.29, 0.717) is 5.95 Å². The Kier molecular flexibility index (Phi) is 5.32. The first kappa shape index (κ1) is 17.5. The van der Waals surface area contributed by atoms with Crippen molar-refractivity contribution in [2.24, 2.45) is 5.10 Å². The number of aromatic nitrogens is 2. The second-order valence-electron chi connectivity index (χ2n) is 6.43. The first-order chi connectivity index (χ1) is 13.3. The number of nitrogens with zero attached hydrogens (tertiary/aromatic N) is 3. The summed E-state index contributed by atoms with van der Waals surface area (Å²) < 4.78 is 10.9. The molecule has 27 heavy (non-hydrogen) atoms. The fourth-order valence-corrected chi connectivity index (χ4v) is 3.18. The number of morpholine rings is 1. The van der Waals surface area contributed by atoms with E-state index in [9.17, 15) is 0 Å². The van der Waals surface area contributed by atoms with Gasteiger partial charge in [-0.2, -0.15) is 5.10 Å². The number of hydrazone groups is 1. The van der Waals surface area contributed by atoms with Crippen molar-refractivity contribution in [3.8, 4) is 5.75 Å². The van der Waals surface area contributed by atoms with E-state index in [0.717, 1.165) is 60.8 Å². The van der Waals surface area contributed by atoms with Gasteiger partial charge in [-0.1, -0.05) is 12.1 Å². The normalized spacial score (nSPS) is 15.4. The van der Waals surface area contributed by atoms with Crippen LogP contribution in [-0.2, 0) is 11.3 Å². The number of hydrogen-bond donors (Lipinski definition) is 2. The number of rotatable bonds is 6. The average molecular weight is 365 g/mol. The fourth-order valence-electron chi connectivity index (χ4n) is 3.18. The third-order valence-electron chi connectivity index (χ3n) is 4.58. The molecular weight excluding hydrogens is 342 g/mol. The summed E-state index contributed by atoms with van der Waals surface area (Å²) in [6, 6.07) is 14.0. The van der Waals surface area contributed by atoms with Crippen molar-refractivity contribution in [1.29, 1.82) is 0 Å². The lowest BCUT2D eigenvalue weighted by Gasteiger charge is -2.27. The van der Waals surface area contributed by atoms with E-state index >= 15 is 0 Å². The number of nitrogens with one attached hydrogen (secondary N) is 2. The van der Waals surface area contributed by atoms with Gasteiger partial charge in [0.1, 0.15) is 5.75 Å². The number of H-pyrrole nitrogens is 1. The van der Waals surface area contributed by atoms with Crippen molar-refractivity contribution in [2.75, 3.05) is 38.8 Å². The minimum atomic E-state index is 0.620. The minimum Gasteiger partial charge on any atom is -0.496 e. The maximum absolute atomic E-state index is 5.52. The van der Waals surface area contributed by atoms with E-state index in [2.05, 4.69) is 31.5 Å². The maximum Gasteiger partial charge on any atom is 0.222 e. The Morgan fingerprint density at radius 2 is 2.11 bits per heavy atom. The molecule has 2 aromatic carbocycles. The number of fused-ring (bicyclic) bond motifs is 1. The number of para-hydroxylation sites is 2. The van der Waals surface area contributed by atoms with Crippen LogP contribution < -0.4 is 10.2 Å². The predicted molar refractivity (Wildman–Crippen MR) is 106 cm³/mol. The van der Waals surface area contributed by atoms with Crippen LogP contribution in [0.15, 0.2) is 47.6 Å². The van der Waals surface area contributed by atoms with Crippen LogP contribution in [0, 0.1) is 0 Å². The van der Waals surface area contributed by atoms with Crippen molar-refractivity contribution in [2.45, 2.75) is 6.54 Å². The predicted octanol–water partition coefficient (Wildman–Crippen LogP) is 2.85. The molecule has 0 saturated carbocycles. The molecule has 1 aromatic heterocycles. The molecule has 1 aliphatic heterocycles. The zero-order valence-corrected chi connectivity index (χ0v) is 15.3. The van der Waals surface area contributed by atoms with Gasteiger partial charge in [0.25, 0.3) is 0 Å². The van der Waals surface area contributed by atoms with Crippen LogP contribution in [0.25, 0.3) is 11.0 Å². The van der Waals surface area contributed by atoms with Crippen molar-refractivity contribution in [3.05, 3.63) is 53.6 Å². The highest BCUT2D eigenvalue weighted by molar-refractivity contribution is 5.81. The lowest BCUT2D eigenvalue weighted by Crippen LogP contribution is -2.35.